The van der Waals surface area contributed by atoms with Crippen LogP contribution >= 0.6 is 23.2 Å². The number of benzene rings is 1. The van der Waals surface area contributed by atoms with Gasteiger partial charge in [-0.15, -0.1) is 0 Å². The molecule has 1 fully saturated rings. The number of likely N-dealkylation sites (tertiary alicyclic amines) is 1. The number of aliphatic hydroxyl groups is 1. The molecule has 0 aliphatic carbocycles. The zero-order valence-electron chi connectivity index (χ0n) is 15.1. The van der Waals surface area contributed by atoms with Gasteiger partial charge in [-0.05, 0) is 43.0 Å². The van der Waals surface area contributed by atoms with Gasteiger partial charge in [0.05, 0.1) is 29.6 Å². The van der Waals surface area contributed by atoms with Crippen molar-refractivity contribution >= 4 is 29.1 Å². The summed E-state index contributed by atoms with van der Waals surface area (Å²) in [6.45, 7) is 0.616. The molecule has 1 aromatic carbocycles. The number of nitrogens with zero attached hydrogens (tertiary/aromatic N) is 2. The van der Waals surface area contributed by atoms with Crippen LogP contribution in [-0.2, 0) is 11.2 Å². The van der Waals surface area contributed by atoms with Gasteiger partial charge in [0.15, 0.2) is 0 Å². The van der Waals surface area contributed by atoms with Gasteiger partial charge < -0.3 is 14.7 Å². The number of methoxy groups -OCH3 is 1. The molecule has 1 unspecified atom stereocenters. The van der Waals surface area contributed by atoms with E-state index in [1.807, 2.05) is 0 Å². The minimum atomic E-state index is -0.855. The van der Waals surface area contributed by atoms with E-state index in [0.29, 0.717) is 27.9 Å². The Labute approximate surface area is 168 Å². The second-order valence-corrected chi connectivity index (χ2v) is 7.45. The molecule has 5 nitrogen and oxygen atoms in total. The second-order valence-electron chi connectivity index (χ2n) is 6.64. The molecule has 144 valence electrons. The van der Waals surface area contributed by atoms with E-state index >= 15 is 0 Å². The van der Waals surface area contributed by atoms with Crippen LogP contribution in [-0.4, -0.2) is 40.6 Å². The Morgan fingerprint density at radius 3 is 2.89 bits per heavy atom. The van der Waals surface area contributed by atoms with Crippen LogP contribution in [0.5, 0.6) is 5.75 Å². The molecule has 1 aromatic heterocycles. The van der Waals surface area contributed by atoms with Gasteiger partial charge in [-0.3, -0.25) is 9.78 Å². The molecular weight excluding hydrogens is 387 g/mol. The van der Waals surface area contributed by atoms with Crippen LogP contribution in [0.15, 0.2) is 36.7 Å². The van der Waals surface area contributed by atoms with E-state index in [-0.39, 0.29) is 18.4 Å². The van der Waals surface area contributed by atoms with Crippen molar-refractivity contribution in [1.29, 1.82) is 0 Å². The minimum absolute atomic E-state index is 0.0417. The first-order chi connectivity index (χ1) is 13.0. The zero-order valence-corrected chi connectivity index (χ0v) is 16.6. The fourth-order valence-corrected chi connectivity index (χ4v) is 3.85. The van der Waals surface area contributed by atoms with E-state index in [1.54, 1.807) is 48.7 Å². The summed E-state index contributed by atoms with van der Waals surface area (Å²) in [6.07, 6.45) is 5.17. The summed E-state index contributed by atoms with van der Waals surface area (Å²) >= 11 is 12.0. The molecule has 2 aromatic rings. The van der Waals surface area contributed by atoms with Crippen LogP contribution in [0, 0.1) is 0 Å². The number of pyridine rings is 1. The van der Waals surface area contributed by atoms with Crippen LogP contribution < -0.4 is 4.74 Å². The highest BCUT2D eigenvalue weighted by Gasteiger charge is 2.34. The molecule has 1 aliphatic rings. The first-order valence-electron chi connectivity index (χ1n) is 8.90. The highest BCUT2D eigenvalue weighted by atomic mass is 35.5. The Kier molecular flexibility index (Phi) is 6.58. The van der Waals surface area contributed by atoms with Gasteiger partial charge in [-0.25, -0.2) is 0 Å². The number of carbonyl (C=O) groups is 1. The summed E-state index contributed by atoms with van der Waals surface area (Å²) in [5, 5.41) is 11.9. The predicted octanol–water partition coefficient (Wildman–Crippen LogP) is 4.05. The van der Waals surface area contributed by atoms with Crippen LogP contribution in [0.1, 0.15) is 36.5 Å². The molecule has 0 radical (unpaired) electrons. The van der Waals surface area contributed by atoms with Crippen LogP contribution in [0.25, 0.3) is 0 Å². The summed E-state index contributed by atoms with van der Waals surface area (Å²) in [5.41, 5.74) is 1.39. The average molecular weight is 409 g/mol. The number of rotatable bonds is 5. The normalized spacial score (nSPS) is 18.2. The third-order valence-electron chi connectivity index (χ3n) is 4.92. The monoisotopic (exact) mass is 408 g/mol. The molecule has 0 saturated carbocycles. The fraction of sp³-hybridized carbons (Fsp3) is 0.400. The number of hydrogen-bond acceptors (Lipinski definition) is 4. The lowest BCUT2D eigenvalue weighted by atomic mass is 9.92. The van der Waals surface area contributed by atoms with E-state index in [1.165, 1.54) is 0 Å². The second kappa shape index (κ2) is 8.91. The van der Waals surface area contributed by atoms with E-state index in [9.17, 15) is 9.90 Å². The van der Waals surface area contributed by atoms with E-state index < -0.39 is 6.10 Å². The summed E-state index contributed by atoms with van der Waals surface area (Å²) in [7, 11) is 1.56. The summed E-state index contributed by atoms with van der Waals surface area (Å²) in [5.74, 6) is 0.528. The molecule has 0 bridgehead atoms. The number of piperidine rings is 1. The summed E-state index contributed by atoms with van der Waals surface area (Å²) in [4.78, 5) is 18.8. The van der Waals surface area contributed by atoms with Crippen molar-refractivity contribution in [2.75, 3.05) is 13.7 Å². The van der Waals surface area contributed by atoms with Crippen molar-refractivity contribution in [3.05, 3.63) is 57.8 Å². The van der Waals surface area contributed by atoms with Gasteiger partial charge in [0.2, 0.25) is 5.91 Å². The smallest absolute Gasteiger partial charge is 0.227 e. The third-order valence-corrected chi connectivity index (χ3v) is 5.66. The Morgan fingerprint density at radius 2 is 2.15 bits per heavy atom. The Bertz CT molecular complexity index is 816. The Balaban J connectivity index is 1.80. The SMILES string of the molecule is COc1ccncc1C(O)[C@H]1CCCCN1C(=O)Cc1ccc(Cl)c(Cl)c1. The van der Waals surface area contributed by atoms with E-state index in [0.717, 1.165) is 24.8 Å². The number of ether oxygens (including phenoxy) is 1. The molecule has 1 saturated heterocycles. The van der Waals surface area contributed by atoms with Crippen molar-refractivity contribution < 1.29 is 14.6 Å². The van der Waals surface area contributed by atoms with Gasteiger partial charge in [0, 0.05) is 24.5 Å². The van der Waals surface area contributed by atoms with Crippen molar-refractivity contribution in [1.82, 2.24) is 9.88 Å². The number of aliphatic hydroxyl groups excluding tert-OH is 1. The van der Waals surface area contributed by atoms with Gasteiger partial charge in [-0.2, -0.15) is 0 Å². The highest BCUT2D eigenvalue weighted by Crippen LogP contribution is 2.33. The van der Waals surface area contributed by atoms with Crippen LogP contribution in [0.4, 0.5) is 0 Å². The number of amides is 1. The summed E-state index contributed by atoms with van der Waals surface area (Å²) < 4.78 is 5.34. The molecule has 27 heavy (non-hydrogen) atoms. The lowest BCUT2D eigenvalue weighted by Crippen LogP contribution is -2.47. The number of aromatic nitrogens is 1. The van der Waals surface area contributed by atoms with Gasteiger partial charge >= 0.3 is 0 Å². The van der Waals surface area contributed by atoms with Gasteiger partial charge in [0.1, 0.15) is 11.9 Å². The molecular formula is C20H22Cl2N2O3. The average Bonchev–Trinajstić information content (AvgIpc) is 2.70. The molecule has 2 heterocycles. The molecule has 7 heteroatoms. The highest BCUT2D eigenvalue weighted by molar-refractivity contribution is 6.42. The minimum Gasteiger partial charge on any atom is -0.496 e. The van der Waals surface area contributed by atoms with Gasteiger partial charge in [-0.1, -0.05) is 29.3 Å². The largest absolute Gasteiger partial charge is 0.496 e. The van der Waals surface area contributed by atoms with Crippen LogP contribution in [0.2, 0.25) is 10.0 Å². The number of carbonyl (C=O) groups excluding carboxylic acids is 1. The maximum Gasteiger partial charge on any atom is 0.227 e. The molecule has 1 amide bonds. The fourth-order valence-electron chi connectivity index (χ4n) is 3.53. The van der Waals surface area contributed by atoms with Crippen molar-refractivity contribution in [3.63, 3.8) is 0 Å². The molecule has 0 spiro atoms. The molecule has 1 aliphatic heterocycles. The maximum absolute atomic E-state index is 13.0. The van der Waals surface area contributed by atoms with Crippen molar-refractivity contribution in [3.8, 4) is 5.75 Å². The standard InChI is InChI=1S/C20H22Cl2N2O3/c1-27-18-7-8-23-12-14(18)20(26)17-4-2-3-9-24(17)19(25)11-13-5-6-15(21)16(22)10-13/h5-8,10,12,17,20,26H,2-4,9,11H2,1H3/t17-,20?/m1/s1. The number of hydrogen-bond donors (Lipinski definition) is 1. The number of halogens is 2. The first kappa shape index (κ1) is 19.9. The molecule has 1 N–H and O–H groups in total. The lowest BCUT2D eigenvalue weighted by Gasteiger charge is -2.39. The van der Waals surface area contributed by atoms with E-state index in [2.05, 4.69) is 4.98 Å². The summed E-state index contributed by atoms with van der Waals surface area (Å²) in [6, 6.07) is 6.60. The predicted molar refractivity (Wildman–Crippen MR) is 105 cm³/mol. The van der Waals surface area contributed by atoms with E-state index in [4.69, 9.17) is 27.9 Å². The first-order valence-corrected chi connectivity index (χ1v) is 9.66. The quantitative estimate of drug-likeness (QED) is 0.809. The molecule has 2 atom stereocenters. The van der Waals surface area contributed by atoms with Crippen molar-refractivity contribution in [2.24, 2.45) is 0 Å². The van der Waals surface area contributed by atoms with Gasteiger partial charge in [0.25, 0.3) is 0 Å². The molecule has 3 rings (SSSR count). The van der Waals surface area contributed by atoms with Crippen molar-refractivity contribution in [2.45, 2.75) is 37.8 Å². The Morgan fingerprint density at radius 1 is 1.33 bits per heavy atom. The maximum atomic E-state index is 13.0. The topological polar surface area (TPSA) is 62.7 Å². The lowest BCUT2D eigenvalue weighted by molar-refractivity contribution is -0.137. The van der Waals surface area contributed by atoms with Crippen LogP contribution in [0.3, 0.4) is 0 Å². The Hall–Kier alpha value is -1.82. The zero-order chi connectivity index (χ0) is 19.4. The third kappa shape index (κ3) is 4.54.